The number of anilines is 2. The first-order chi connectivity index (χ1) is 18.9. The maximum absolute atomic E-state index is 13.4. The van der Waals surface area contributed by atoms with Crippen molar-refractivity contribution in [2.45, 2.75) is 12.6 Å². The third-order valence-corrected chi connectivity index (χ3v) is 7.25. The monoisotopic (exact) mass is 562 g/mol. The minimum atomic E-state index is -0.303. The first kappa shape index (κ1) is 27.0. The van der Waals surface area contributed by atoms with Gasteiger partial charge in [-0.15, -0.1) is 0 Å². The van der Waals surface area contributed by atoms with Crippen molar-refractivity contribution in [3.63, 3.8) is 0 Å². The van der Waals surface area contributed by atoms with Crippen molar-refractivity contribution >= 4 is 45.8 Å². The SMILES string of the molecule is CSC[C@@H](c1ccc(-c2ccc3ncnc(Nc4ccc(OCc5cccc(F)c5)c(Cl)c4)c3c2)o1)N(C)C. The predicted molar refractivity (Wildman–Crippen MR) is 158 cm³/mol. The van der Waals surface area contributed by atoms with E-state index in [9.17, 15) is 4.39 Å². The molecule has 0 amide bonds. The average Bonchev–Trinajstić information content (AvgIpc) is 3.41. The van der Waals surface area contributed by atoms with E-state index in [1.165, 1.54) is 18.5 Å². The summed E-state index contributed by atoms with van der Waals surface area (Å²) in [6.07, 6.45) is 3.62. The molecule has 2 aromatic heterocycles. The first-order valence-electron chi connectivity index (χ1n) is 12.4. The number of fused-ring (bicyclic) bond motifs is 1. The van der Waals surface area contributed by atoms with Gasteiger partial charge in [0.15, 0.2) is 0 Å². The minimum Gasteiger partial charge on any atom is -0.487 e. The molecule has 39 heavy (non-hydrogen) atoms. The van der Waals surface area contributed by atoms with Crippen LogP contribution in [-0.4, -0.2) is 41.0 Å². The summed E-state index contributed by atoms with van der Waals surface area (Å²) in [5.41, 5.74) is 3.21. The van der Waals surface area contributed by atoms with Crippen molar-refractivity contribution in [3.05, 3.63) is 101 Å². The van der Waals surface area contributed by atoms with Crippen LogP contribution in [-0.2, 0) is 6.61 Å². The molecule has 5 aromatic rings. The molecule has 1 N–H and O–H groups in total. The van der Waals surface area contributed by atoms with Crippen LogP contribution in [0.5, 0.6) is 5.75 Å². The second-order valence-corrected chi connectivity index (χ2v) is 10.6. The van der Waals surface area contributed by atoms with Crippen molar-refractivity contribution < 1.29 is 13.5 Å². The molecule has 3 aromatic carbocycles. The van der Waals surface area contributed by atoms with Crippen molar-refractivity contribution in [1.29, 1.82) is 0 Å². The Bertz CT molecular complexity index is 1590. The second-order valence-electron chi connectivity index (χ2n) is 9.28. The van der Waals surface area contributed by atoms with Crippen LogP contribution in [0.2, 0.25) is 5.02 Å². The number of nitrogens with one attached hydrogen (secondary N) is 1. The van der Waals surface area contributed by atoms with Gasteiger partial charge in [0.25, 0.3) is 0 Å². The van der Waals surface area contributed by atoms with E-state index in [4.69, 9.17) is 20.8 Å². The maximum atomic E-state index is 13.4. The van der Waals surface area contributed by atoms with Crippen LogP contribution in [0, 0.1) is 5.82 Å². The Labute approximate surface area is 236 Å². The standard InChI is InChI=1S/C30H28ClFN4O2S/c1-36(2)26(17-39-3)29-12-11-27(38-29)20-7-9-25-23(14-20)30(34-18-33-25)35-22-8-10-28(24(31)15-22)37-16-19-5-4-6-21(32)13-19/h4-15,18,26H,16-17H2,1-3H3,(H,33,34,35)/t26-/m0/s1. The van der Waals surface area contributed by atoms with E-state index in [-0.39, 0.29) is 18.5 Å². The number of rotatable bonds is 10. The van der Waals surface area contributed by atoms with Gasteiger partial charge < -0.3 is 14.5 Å². The summed E-state index contributed by atoms with van der Waals surface area (Å²) in [6.45, 7) is 0.213. The summed E-state index contributed by atoms with van der Waals surface area (Å²) in [7, 11) is 4.12. The number of ether oxygens (including phenoxy) is 1. The van der Waals surface area contributed by atoms with Crippen molar-refractivity contribution in [3.8, 4) is 17.1 Å². The lowest BCUT2D eigenvalue weighted by Crippen LogP contribution is -2.21. The highest BCUT2D eigenvalue weighted by Crippen LogP contribution is 2.34. The zero-order valence-corrected chi connectivity index (χ0v) is 23.4. The summed E-state index contributed by atoms with van der Waals surface area (Å²) in [5.74, 6) is 3.51. The number of halogens is 2. The van der Waals surface area contributed by atoms with E-state index < -0.39 is 0 Å². The Morgan fingerprint density at radius 1 is 1.05 bits per heavy atom. The maximum Gasteiger partial charge on any atom is 0.141 e. The molecule has 6 nitrogen and oxygen atoms in total. The highest BCUT2D eigenvalue weighted by Gasteiger charge is 2.18. The van der Waals surface area contributed by atoms with Crippen LogP contribution in [0.15, 0.2) is 83.5 Å². The quantitative estimate of drug-likeness (QED) is 0.185. The van der Waals surface area contributed by atoms with Gasteiger partial charge in [0, 0.05) is 22.4 Å². The summed E-state index contributed by atoms with van der Waals surface area (Å²) in [5, 5.41) is 4.63. The highest BCUT2D eigenvalue weighted by molar-refractivity contribution is 7.98. The molecule has 0 aliphatic carbocycles. The molecule has 0 unspecified atom stereocenters. The van der Waals surface area contributed by atoms with Gasteiger partial charge in [0.1, 0.15) is 41.8 Å². The van der Waals surface area contributed by atoms with Crippen LogP contribution in [0.3, 0.4) is 0 Å². The third-order valence-electron chi connectivity index (χ3n) is 6.30. The normalized spacial score (nSPS) is 12.2. The lowest BCUT2D eigenvalue weighted by Gasteiger charge is -2.21. The van der Waals surface area contributed by atoms with E-state index in [1.54, 1.807) is 36.0 Å². The number of aromatic nitrogens is 2. The second kappa shape index (κ2) is 12.1. The molecule has 0 spiro atoms. The van der Waals surface area contributed by atoms with Gasteiger partial charge in [-0.2, -0.15) is 11.8 Å². The topological polar surface area (TPSA) is 63.4 Å². The van der Waals surface area contributed by atoms with E-state index in [2.05, 4.69) is 40.5 Å². The molecule has 200 valence electrons. The number of thioether (sulfide) groups is 1. The Morgan fingerprint density at radius 2 is 1.92 bits per heavy atom. The molecule has 0 saturated heterocycles. The summed E-state index contributed by atoms with van der Waals surface area (Å²) >= 11 is 8.29. The van der Waals surface area contributed by atoms with Gasteiger partial charge in [-0.05, 0) is 86.6 Å². The summed E-state index contributed by atoms with van der Waals surface area (Å²) in [4.78, 5) is 11.1. The molecule has 2 heterocycles. The van der Waals surface area contributed by atoms with Gasteiger partial charge in [0.2, 0.25) is 0 Å². The molecule has 0 saturated carbocycles. The molecular formula is C30H28ClFN4O2S. The van der Waals surface area contributed by atoms with Crippen LogP contribution in [0.4, 0.5) is 15.9 Å². The van der Waals surface area contributed by atoms with Crippen molar-refractivity contribution in [1.82, 2.24) is 14.9 Å². The highest BCUT2D eigenvalue weighted by atomic mass is 35.5. The summed E-state index contributed by atoms with van der Waals surface area (Å²) < 4.78 is 25.5. The van der Waals surface area contributed by atoms with Gasteiger partial charge in [-0.3, -0.25) is 4.90 Å². The van der Waals surface area contributed by atoms with Gasteiger partial charge >= 0.3 is 0 Å². The van der Waals surface area contributed by atoms with Crippen LogP contribution >= 0.6 is 23.4 Å². The largest absolute Gasteiger partial charge is 0.487 e. The van der Waals surface area contributed by atoms with E-state index in [1.807, 2.05) is 36.4 Å². The van der Waals surface area contributed by atoms with Crippen molar-refractivity contribution in [2.24, 2.45) is 0 Å². The fourth-order valence-electron chi connectivity index (χ4n) is 4.26. The number of hydrogen-bond acceptors (Lipinski definition) is 7. The lowest BCUT2D eigenvalue weighted by atomic mass is 10.1. The number of benzene rings is 3. The Morgan fingerprint density at radius 3 is 2.69 bits per heavy atom. The average molecular weight is 563 g/mol. The third kappa shape index (κ3) is 6.36. The van der Waals surface area contributed by atoms with Crippen LogP contribution in [0.25, 0.3) is 22.2 Å². The fraction of sp³-hybridized carbons (Fsp3) is 0.200. The molecule has 0 radical (unpaired) electrons. The van der Waals surface area contributed by atoms with Gasteiger partial charge in [-0.25, -0.2) is 14.4 Å². The molecule has 0 fully saturated rings. The number of nitrogens with zero attached hydrogens (tertiary/aromatic N) is 3. The predicted octanol–water partition coefficient (Wildman–Crippen LogP) is 7.97. The van der Waals surface area contributed by atoms with Gasteiger partial charge in [0.05, 0.1) is 16.6 Å². The molecule has 0 aliphatic rings. The van der Waals surface area contributed by atoms with E-state index >= 15 is 0 Å². The first-order valence-corrected chi connectivity index (χ1v) is 14.1. The van der Waals surface area contributed by atoms with Crippen LogP contribution < -0.4 is 10.1 Å². The molecule has 1 atom stereocenters. The molecule has 0 aliphatic heterocycles. The van der Waals surface area contributed by atoms with E-state index in [0.717, 1.165) is 45.0 Å². The van der Waals surface area contributed by atoms with Crippen LogP contribution in [0.1, 0.15) is 17.4 Å². The number of hydrogen-bond donors (Lipinski definition) is 1. The summed E-state index contributed by atoms with van der Waals surface area (Å²) in [6, 6.07) is 21.9. The zero-order chi connectivity index (χ0) is 27.4. The molecule has 5 rings (SSSR count). The minimum absolute atomic E-state index is 0.195. The lowest BCUT2D eigenvalue weighted by molar-refractivity contribution is 0.284. The zero-order valence-electron chi connectivity index (χ0n) is 21.8. The molecule has 9 heteroatoms. The Balaban J connectivity index is 1.37. The number of furan rings is 1. The smallest absolute Gasteiger partial charge is 0.141 e. The molecule has 0 bridgehead atoms. The Kier molecular flexibility index (Phi) is 8.35. The van der Waals surface area contributed by atoms with Crippen molar-refractivity contribution in [2.75, 3.05) is 31.4 Å². The van der Waals surface area contributed by atoms with E-state index in [0.29, 0.717) is 16.6 Å². The Hall–Kier alpha value is -3.59. The fourth-order valence-corrected chi connectivity index (χ4v) is 5.27. The molecular weight excluding hydrogens is 535 g/mol. The van der Waals surface area contributed by atoms with Gasteiger partial charge in [-0.1, -0.05) is 23.7 Å².